The van der Waals surface area contributed by atoms with E-state index in [0.717, 1.165) is 0 Å². The van der Waals surface area contributed by atoms with Crippen molar-refractivity contribution < 1.29 is 23.9 Å². The van der Waals surface area contributed by atoms with Crippen molar-refractivity contribution in [3.8, 4) is 11.5 Å². The fourth-order valence-corrected chi connectivity index (χ4v) is 2.47. The Morgan fingerprint density at radius 2 is 1.73 bits per heavy atom. The number of anilines is 2. The Kier molecular flexibility index (Phi) is 4.74. The van der Waals surface area contributed by atoms with E-state index in [2.05, 4.69) is 10.6 Å². The van der Waals surface area contributed by atoms with Crippen LogP contribution >= 0.6 is 0 Å². The second kappa shape index (κ2) is 7.14. The van der Waals surface area contributed by atoms with Crippen molar-refractivity contribution in [1.29, 1.82) is 0 Å². The van der Waals surface area contributed by atoms with E-state index in [4.69, 9.17) is 15.2 Å². The van der Waals surface area contributed by atoms with Crippen LogP contribution in [0.25, 0.3) is 0 Å². The number of carbonyl (C=O) groups excluding carboxylic acids is 3. The highest BCUT2D eigenvalue weighted by molar-refractivity contribution is 6.05. The zero-order valence-corrected chi connectivity index (χ0v) is 14.0. The van der Waals surface area contributed by atoms with E-state index >= 15 is 0 Å². The van der Waals surface area contributed by atoms with Crippen molar-refractivity contribution in [2.45, 2.75) is 6.92 Å². The molecule has 0 aromatic heterocycles. The Bertz CT molecular complexity index is 877. The molecule has 3 rings (SSSR count). The standard InChI is InChI=1S/C18H17N3O5/c1-10(22)13-6-15-16(26-9-25-15)7-14(13)21-17(23)8-20-12-4-2-11(3-5-12)18(19)24/h2-7,20H,8-9H2,1H3,(H2,19,24)(H,21,23). The maximum atomic E-state index is 12.2. The van der Waals surface area contributed by atoms with Crippen LogP contribution in [0.1, 0.15) is 27.6 Å². The lowest BCUT2D eigenvalue weighted by Gasteiger charge is -2.12. The lowest BCUT2D eigenvalue weighted by Crippen LogP contribution is -2.22. The number of hydrogen-bond acceptors (Lipinski definition) is 6. The molecule has 134 valence electrons. The minimum atomic E-state index is -0.520. The van der Waals surface area contributed by atoms with Crippen molar-refractivity contribution in [3.63, 3.8) is 0 Å². The normalized spacial score (nSPS) is 11.7. The van der Waals surface area contributed by atoms with Gasteiger partial charge < -0.3 is 25.8 Å². The van der Waals surface area contributed by atoms with Crippen molar-refractivity contribution in [1.82, 2.24) is 0 Å². The molecule has 0 atom stereocenters. The second-order valence-electron chi connectivity index (χ2n) is 5.65. The number of amides is 2. The summed E-state index contributed by atoms with van der Waals surface area (Å²) in [6.07, 6.45) is 0. The van der Waals surface area contributed by atoms with Gasteiger partial charge in [0.1, 0.15) is 0 Å². The monoisotopic (exact) mass is 355 g/mol. The molecule has 8 nitrogen and oxygen atoms in total. The number of rotatable bonds is 6. The predicted octanol–water partition coefficient (Wildman–Crippen LogP) is 1.77. The Labute approximate surface area is 149 Å². The van der Waals surface area contributed by atoms with Crippen molar-refractivity contribution in [2.75, 3.05) is 24.0 Å². The quantitative estimate of drug-likeness (QED) is 0.679. The molecule has 0 bridgehead atoms. The van der Waals surface area contributed by atoms with Crippen LogP contribution in [0.5, 0.6) is 11.5 Å². The summed E-state index contributed by atoms with van der Waals surface area (Å²) in [6.45, 7) is 1.46. The number of ketones is 1. The Balaban J connectivity index is 1.66. The molecule has 2 aromatic rings. The van der Waals surface area contributed by atoms with Gasteiger partial charge in [0.2, 0.25) is 18.6 Å². The molecule has 0 radical (unpaired) electrons. The van der Waals surface area contributed by atoms with E-state index in [9.17, 15) is 14.4 Å². The van der Waals surface area contributed by atoms with Gasteiger partial charge in [-0.05, 0) is 37.3 Å². The number of Topliss-reactive ketones (excluding diaryl/α,β-unsaturated/α-hetero) is 1. The average molecular weight is 355 g/mol. The highest BCUT2D eigenvalue weighted by Gasteiger charge is 2.20. The molecular formula is C18H17N3O5. The van der Waals surface area contributed by atoms with Crippen molar-refractivity contribution in [2.24, 2.45) is 5.73 Å². The molecule has 8 heteroatoms. The molecular weight excluding hydrogens is 338 g/mol. The summed E-state index contributed by atoms with van der Waals surface area (Å²) in [5.41, 5.74) is 6.92. The highest BCUT2D eigenvalue weighted by Crippen LogP contribution is 2.37. The Morgan fingerprint density at radius 3 is 2.35 bits per heavy atom. The minimum absolute atomic E-state index is 0.0261. The zero-order valence-electron chi connectivity index (χ0n) is 14.0. The number of nitrogens with two attached hydrogens (primary N) is 1. The molecule has 0 fully saturated rings. The van der Waals surface area contributed by atoms with Gasteiger partial charge in [-0.1, -0.05) is 0 Å². The Hall–Kier alpha value is -3.55. The third kappa shape index (κ3) is 3.75. The van der Waals surface area contributed by atoms with Gasteiger partial charge in [0.15, 0.2) is 17.3 Å². The lowest BCUT2D eigenvalue weighted by atomic mass is 10.1. The van der Waals surface area contributed by atoms with Gasteiger partial charge >= 0.3 is 0 Å². The molecule has 4 N–H and O–H groups in total. The molecule has 2 amide bonds. The molecule has 1 aliphatic rings. The van der Waals surface area contributed by atoms with Crippen LogP contribution in [-0.4, -0.2) is 30.9 Å². The predicted molar refractivity (Wildman–Crippen MR) is 94.6 cm³/mol. The number of fused-ring (bicyclic) bond motifs is 1. The molecule has 1 aliphatic heterocycles. The van der Waals surface area contributed by atoms with Gasteiger partial charge in [0.05, 0.1) is 12.2 Å². The molecule has 0 spiro atoms. The van der Waals surface area contributed by atoms with E-state index in [0.29, 0.717) is 34.0 Å². The number of hydrogen-bond donors (Lipinski definition) is 3. The van der Waals surface area contributed by atoms with Gasteiger partial charge in [0.25, 0.3) is 0 Å². The summed E-state index contributed by atoms with van der Waals surface area (Å²) in [7, 11) is 0. The van der Waals surface area contributed by atoms with E-state index in [-0.39, 0.29) is 25.0 Å². The molecule has 1 heterocycles. The zero-order chi connectivity index (χ0) is 18.7. The van der Waals surface area contributed by atoms with Crippen LogP contribution in [0.15, 0.2) is 36.4 Å². The van der Waals surface area contributed by atoms with Crippen LogP contribution in [0.3, 0.4) is 0 Å². The second-order valence-corrected chi connectivity index (χ2v) is 5.65. The number of benzene rings is 2. The first-order valence-electron chi connectivity index (χ1n) is 7.82. The number of ether oxygens (including phenoxy) is 2. The van der Waals surface area contributed by atoms with Crippen LogP contribution in [0.2, 0.25) is 0 Å². The first-order chi connectivity index (χ1) is 12.4. The fraction of sp³-hybridized carbons (Fsp3) is 0.167. The van der Waals surface area contributed by atoms with Crippen molar-refractivity contribution in [3.05, 3.63) is 47.5 Å². The summed E-state index contributed by atoms with van der Waals surface area (Å²) in [4.78, 5) is 35.1. The topological polar surface area (TPSA) is 120 Å². The summed E-state index contributed by atoms with van der Waals surface area (Å²) < 4.78 is 10.5. The Morgan fingerprint density at radius 1 is 1.08 bits per heavy atom. The molecule has 2 aromatic carbocycles. The SMILES string of the molecule is CC(=O)c1cc2c(cc1NC(=O)CNc1ccc(C(N)=O)cc1)OCO2. The highest BCUT2D eigenvalue weighted by atomic mass is 16.7. The van der Waals surface area contributed by atoms with Crippen molar-refractivity contribution >= 4 is 29.0 Å². The first-order valence-corrected chi connectivity index (χ1v) is 7.82. The van der Waals surface area contributed by atoms with Gasteiger partial charge in [0, 0.05) is 22.9 Å². The summed E-state index contributed by atoms with van der Waals surface area (Å²) >= 11 is 0. The molecule has 0 saturated heterocycles. The number of carbonyl (C=O) groups is 3. The molecule has 0 aliphatic carbocycles. The first kappa shape index (κ1) is 17.3. The summed E-state index contributed by atoms with van der Waals surface area (Å²) in [6, 6.07) is 9.54. The van der Waals surface area contributed by atoms with E-state index in [1.807, 2.05) is 0 Å². The largest absolute Gasteiger partial charge is 0.454 e. The van der Waals surface area contributed by atoms with Crippen LogP contribution in [0, 0.1) is 0 Å². The van der Waals surface area contributed by atoms with Crippen LogP contribution in [-0.2, 0) is 4.79 Å². The number of primary amides is 1. The van der Waals surface area contributed by atoms with Gasteiger partial charge in [-0.3, -0.25) is 14.4 Å². The minimum Gasteiger partial charge on any atom is -0.454 e. The summed E-state index contributed by atoms with van der Waals surface area (Å²) in [5, 5.41) is 5.62. The molecule has 0 unspecified atom stereocenters. The van der Waals surface area contributed by atoms with Crippen LogP contribution in [0.4, 0.5) is 11.4 Å². The smallest absolute Gasteiger partial charge is 0.248 e. The molecule has 26 heavy (non-hydrogen) atoms. The van der Waals surface area contributed by atoms with E-state index in [1.54, 1.807) is 36.4 Å². The third-order valence-electron chi connectivity index (χ3n) is 3.79. The summed E-state index contributed by atoms with van der Waals surface area (Å²) in [5.74, 6) is -0.117. The van der Waals surface area contributed by atoms with Gasteiger partial charge in [-0.2, -0.15) is 0 Å². The average Bonchev–Trinajstić information content (AvgIpc) is 3.06. The third-order valence-corrected chi connectivity index (χ3v) is 3.79. The van der Waals surface area contributed by atoms with E-state index in [1.165, 1.54) is 6.92 Å². The van der Waals surface area contributed by atoms with E-state index < -0.39 is 5.91 Å². The molecule has 0 saturated carbocycles. The maximum Gasteiger partial charge on any atom is 0.248 e. The lowest BCUT2D eigenvalue weighted by molar-refractivity contribution is -0.114. The fourth-order valence-electron chi connectivity index (χ4n) is 2.47. The van der Waals surface area contributed by atoms with Gasteiger partial charge in [-0.15, -0.1) is 0 Å². The van der Waals surface area contributed by atoms with Crippen LogP contribution < -0.4 is 25.8 Å². The van der Waals surface area contributed by atoms with Gasteiger partial charge in [-0.25, -0.2) is 0 Å². The number of nitrogens with one attached hydrogen (secondary N) is 2. The maximum absolute atomic E-state index is 12.2.